The number of aromatic hydroxyl groups is 1. The average Bonchev–Trinajstić information content (AvgIpc) is 2.93. The molecule has 4 aromatic rings. The van der Waals surface area contributed by atoms with Crippen molar-refractivity contribution in [1.82, 2.24) is 15.6 Å². The molecule has 0 fully saturated rings. The molecule has 1 unspecified atom stereocenters. The molecule has 0 saturated carbocycles. The molecule has 0 spiro atoms. The van der Waals surface area contributed by atoms with Crippen LogP contribution in [0.2, 0.25) is 0 Å². The first-order valence-corrected chi connectivity index (χ1v) is 13.1. The maximum Gasteiger partial charge on any atom is 0.305 e. The van der Waals surface area contributed by atoms with E-state index >= 15 is 0 Å². The maximum atomic E-state index is 12.6. The van der Waals surface area contributed by atoms with Crippen LogP contribution in [-0.2, 0) is 14.4 Å². The van der Waals surface area contributed by atoms with Gasteiger partial charge in [0.15, 0.2) is 0 Å². The van der Waals surface area contributed by atoms with Gasteiger partial charge in [-0.2, -0.15) is 0 Å². The Morgan fingerprint density at radius 2 is 1.73 bits per heavy atom. The van der Waals surface area contributed by atoms with Gasteiger partial charge in [0.1, 0.15) is 11.6 Å². The fourth-order valence-corrected chi connectivity index (χ4v) is 4.51. The van der Waals surface area contributed by atoms with Crippen LogP contribution in [-0.4, -0.2) is 75.6 Å². The Morgan fingerprint density at radius 1 is 0.951 bits per heavy atom. The minimum absolute atomic E-state index is 0. The summed E-state index contributed by atoms with van der Waals surface area (Å²) in [4.78, 5) is 40.5. The summed E-state index contributed by atoms with van der Waals surface area (Å²) < 4.78 is 0. The number of carboxylic acid groups (broad SMARTS) is 1. The zero-order chi connectivity index (χ0) is 28.5. The van der Waals surface area contributed by atoms with Crippen LogP contribution in [0.15, 0.2) is 79.0 Å². The van der Waals surface area contributed by atoms with Gasteiger partial charge in [-0.3, -0.25) is 14.4 Å². The van der Waals surface area contributed by atoms with Gasteiger partial charge in [-0.05, 0) is 59.0 Å². The third kappa shape index (κ3) is 9.04. The smallest absolute Gasteiger partial charge is 0.305 e. The zero-order valence-electron chi connectivity index (χ0n) is 23.2. The zero-order valence-corrected chi connectivity index (χ0v) is 25.2. The minimum Gasteiger partial charge on any atom is -0.508 e. The first-order valence-electron chi connectivity index (χ1n) is 13.1. The van der Waals surface area contributed by atoms with Crippen LogP contribution in [0.25, 0.3) is 21.9 Å². The van der Waals surface area contributed by atoms with Gasteiger partial charge < -0.3 is 26.2 Å². The SMILES string of the molecule is Cc1ccnc(NCCCC(=O)NCC(=O)NC(CC(=O)O)c2ccc(-c3cccc4ccccc34)cc2O)c1.[Na]. The third-order valence-electron chi connectivity index (χ3n) is 6.47. The van der Waals surface area contributed by atoms with Crippen molar-refractivity contribution in [3.05, 3.63) is 90.1 Å². The van der Waals surface area contributed by atoms with Gasteiger partial charge in [0, 0.05) is 54.3 Å². The summed E-state index contributed by atoms with van der Waals surface area (Å²) in [6.45, 7) is 2.20. The predicted octanol–water partition coefficient (Wildman–Crippen LogP) is 4.18. The number of fused-ring (bicyclic) bond motifs is 1. The number of hydrogen-bond acceptors (Lipinski definition) is 6. The molecule has 10 heteroatoms. The molecule has 0 aliphatic heterocycles. The molecule has 5 N–H and O–H groups in total. The van der Waals surface area contributed by atoms with E-state index in [9.17, 15) is 24.6 Å². The van der Waals surface area contributed by atoms with Gasteiger partial charge in [0.2, 0.25) is 11.8 Å². The summed E-state index contributed by atoms with van der Waals surface area (Å²) in [5, 5.41) is 30.7. The number of aliphatic carboxylic acids is 1. The molecule has 1 aromatic heterocycles. The van der Waals surface area contributed by atoms with Crippen molar-refractivity contribution >= 4 is 63.9 Å². The van der Waals surface area contributed by atoms with Crippen molar-refractivity contribution in [1.29, 1.82) is 0 Å². The average molecular weight is 564 g/mol. The topological polar surface area (TPSA) is 141 Å². The molecule has 207 valence electrons. The van der Waals surface area contributed by atoms with Crippen molar-refractivity contribution < 1.29 is 24.6 Å². The molecular formula is C31H32N4NaO5. The molecule has 2 amide bonds. The number of rotatable bonds is 12. The number of pyridine rings is 1. The summed E-state index contributed by atoms with van der Waals surface area (Å²) in [6, 6.07) is 21.6. The number of aryl methyl sites for hydroxylation is 1. The van der Waals surface area contributed by atoms with Gasteiger partial charge in [-0.25, -0.2) is 4.98 Å². The number of hydrogen-bond donors (Lipinski definition) is 5. The summed E-state index contributed by atoms with van der Waals surface area (Å²) in [6.07, 6.45) is 2.03. The van der Waals surface area contributed by atoms with E-state index in [2.05, 4.69) is 20.9 Å². The second kappa shape index (κ2) is 15.2. The number of nitrogens with zero attached hydrogens (tertiary/aromatic N) is 1. The number of aromatic nitrogens is 1. The molecular weight excluding hydrogens is 531 g/mol. The van der Waals surface area contributed by atoms with Crippen LogP contribution in [0, 0.1) is 6.92 Å². The van der Waals surface area contributed by atoms with Crippen LogP contribution in [0.5, 0.6) is 5.75 Å². The minimum atomic E-state index is -1.14. The molecule has 0 bridgehead atoms. The summed E-state index contributed by atoms with van der Waals surface area (Å²) in [5.74, 6) is -1.39. The van der Waals surface area contributed by atoms with Gasteiger partial charge >= 0.3 is 5.97 Å². The second-order valence-corrected chi connectivity index (χ2v) is 9.54. The van der Waals surface area contributed by atoms with Crippen molar-refractivity contribution in [3.8, 4) is 16.9 Å². The third-order valence-corrected chi connectivity index (χ3v) is 6.47. The number of amides is 2. The maximum absolute atomic E-state index is 12.6. The molecule has 0 aliphatic rings. The van der Waals surface area contributed by atoms with Gasteiger partial charge in [-0.1, -0.05) is 54.6 Å². The molecule has 1 atom stereocenters. The fraction of sp³-hybridized carbons (Fsp3) is 0.226. The number of phenols is 1. The second-order valence-electron chi connectivity index (χ2n) is 9.54. The predicted molar refractivity (Wildman–Crippen MR) is 160 cm³/mol. The van der Waals surface area contributed by atoms with E-state index in [4.69, 9.17) is 0 Å². The first kappa shape index (κ1) is 31.6. The Kier molecular flexibility index (Phi) is 11.7. The summed E-state index contributed by atoms with van der Waals surface area (Å²) in [7, 11) is 0. The number of phenolic OH excluding ortho intramolecular Hbond substituents is 1. The largest absolute Gasteiger partial charge is 0.508 e. The Bertz CT molecular complexity index is 1520. The van der Waals surface area contributed by atoms with E-state index in [0.29, 0.717) is 13.0 Å². The number of benzene rings is 3. The molecule has 1 radical (unpaired) electrons. The Morgan fingerprint density at radius 3 is 2.49 bits per heavy atom. The molecule has 0 aliphatic carbocycles. The van der Waals surface area contributed by atoms with Crippen LogP contribution in [0.3, 0.4) is 0 Å². The summed E-state index contributed by atoms with van der Waals surface area (Å²) >= 11 is 0. The summed E-state index contributed by atoms with van der Waals surface area (Å²) in [5.41, 5.74) is 3.05. The first-order chi connectivity index (χ1) is 19.3. The van der Waals surface area contributed by atoms with Crippen molar-refractivity contribution in [2.45, 2.75) is 32.2 Å². The van der Waals surface area contributed by atoms with Gasteiger partial charge in [0.25, 0.3) is 0 Å². The van der Waals surface area contributed by atoms with Crippen LogP contribution in [0.1, 0.15) is 36.4 Å². The van der Waals surface area contributed by atoms with E-state index in [1.165, 1.54) is 0 Å². The molecule has 0 saturated heterocycles. The van der Waals surface area contributed by atoms with E-state index in [1.807, 2.05) is 61.5 Å². The fourth-order valence-electron chi connectivity index (χ4n) is 4.51. The number of anilines is 1. The number of carbonyl (C=O) groups excluding carboxylic acids is 2. The number of nitrogens with one attached hydrogen (secondary N) is 3. The molecule has 3 aromatic carbocycles. The van der Waals surface area contributed by atoms with Crippen molar-refractivity contribution in [2.24, 2.45) is 0 Å². The molecule has 4 rings (SSSR count). The van der Waals surface area contributed by atoms with E-state index in [-0.39, 0.29) is 59.7 Å². The van der Waals surface area contributed by atoms with Crippen LogP contribution >= 0.6 is 0 Å². The normalized spacial score (nSPS) is 11.2. The molecule has 41 heavy (non-hydrogen) atoms. The quantitative estimate of drug-likeness (QED) is 0.129. The van der Waals surface area contributed by atoms with E-state index in [0.717, 1.165) is 33.3 Å². The van der Waals surface area contributed by atoms with Crippen LogP contribution in [0.4, 0.5) is 5.82 Å². The van der Waals surface area contributed by atoms with Crippen molar-refractivity contribution in [3.63, 3.8) is 0 Å². The van der Waals surface area contributed by atoms with Crippen LogP contribution < -0.4 is 16.0 Å². The van der Waals surface area contributed by atoms with Crippen molar-refractivity contribution in [2.75, 3.05) is 18.4 Å². The number of carbonyl (C=O) groups is 3. The Balaban J connectivity index is 0.00000462. The van der Waals surface area contributed by atoms with Gasteiger partial charge in [-0.15, -0.1) is 0 Å². The van der Waals surface area contributed by atoms with E-state index < -0.39 is 24.3 Å². The molecule has 9 nitrogen and oxygen atoms in total. The van der Waals surface area contributed by atoms with Gasteiger partial charge in [0.05, 0.1) is 19.0 Å². The Hall–Kier alpha value is -3.92. The monoisotopic (exact) mass is 563 g/mol. The Labute approximate surface area is 260 Å². The number of carboxylic acids is 1. The van der Waals surface area contributed by atoms with E-state index in [1.54, 1.807) is 24.4 Å². The standard InChI is InChI=1S/C31H32N4O5.Na/c1-20-13-15-33-28(16-20)32-14-5-10-29(37)34-19-30(38)35-26(18-31(39)40)25-12-11-22(17-27(25)36)24-9-4-7-21-6-2-3-8-23(21)24;/h2-4,6-9,11-13,15-17,26,36H,5,10,14,18-19H2,1H3,(H,32,33)(H,34,37)(H,35,38)(H,39,40);. The molecule has 1 heterocycles.